The van der Waals surface area contributed by atoms with Crippen molar-refractivity contribution in [3.63, 3.8) is 0 Å². The molecule has 0 aromatic heterocycles. The molecule has 4 heteroatoms. The Morgan fingerprint density at radius 2 is 1.74 bits per heavy atom. The number of carbonyl (C=O) groups excluding carboxylic acids is 2. The van der Waals surface area contributed by atoms with E-state index in [-0.39, 0.29) is 11.8 Å². The zero-order valence-electron chi connectivity index (χ0n) is 13.3. The molecule has 1 heterocycles. The number of hydrogen-bond acceptors (Lipinski definition) is 2. The number of benzene rings is 2. The number of hydrogen-bond donors (Lipinski definition) is 1. The largest absolute Gasteiger partial charge is 0.355 e. The molecule has 3 rings (SSSR count). The van der Waals surface area contributed by atoms with Gasteiger partial charge < -0.3 is 10.2 Å². The molecule has 2 amide bonds. The van der Waals surface area contributed by atoms with Crippen molar-refractivity contribution in [2.75, 3.05) is 19.6 Å². The smallest absolute Gasteiger partial charge is 0.224 e. The predicted octanol–water partition coefficient (Wildman–Crippen LogP) is 2.51. The van der Waals surface area contributed by atoms with Crippen LogP contribution in [0.2, 0.25) is 0 Å². The van der Waals surface area contributed by atoms with E-state index in [4.69, 9.17) is 0 Å². The molecule has 23 heavy (non-hydrogen) atoms. The first-order valence-corrected chi connectivity index (χ1v) is 8.24. The van der Waals surface area contributed by atoms with E-state index in [0.29, 0.717) is 19.4 Å². The Morgan fingerprint density at radius 3 is 2.52 bits per heavy atom. The van der Waals surface area contributed by atoms with Crippen molar-refractivity contribution in [3.8, 4) is 0 Å². The van der Waals surface area contributed by atoms with Crippen LogP contribution in [0.5, 0.6) is 0 Å². The van der Waals surface area contributed by atoms with Crippen LogP contribution < -0.4 is 5.32 Å². The molecule has 0 aliphatic carbocycles. The quantitative estimate of drug-likeness (QED) is 0.922. The van der Waals surface area contributed by atoms with Gasteiger partial charge in [0.1, 0.15) is 0 Å². The minimum atomic E-state index is -0.0329. The van der Waals surface area contributed by atoms with Gasteiger partial charge in [0.05, 0.1) is 6.42 Å². The predicted molar refractivity (Wildman–Crippen MR) is 91.1 cm³/mol. The second-order valence-corrected chi connectivity index (χ2v) is 6.05. The SMILES string of the molecule is O=C(Cc1ccc2ccccc2c1)NCCC(=O)N1CCCC1. The van der Waals surface area contributed by atoms with E-state index in [1.165, 1.54) is 5.39 Å². The van der Waals surface area contributed by atoms with Crippen molar-refractivity contribution < 1.29 is 9.59 Å². The third-order valence-electron chi connectivity index (χ3n) is 4.30. The van der Waals surface area contributed by atoms with Crippen LogP contribution in [0.15, 0.2) is 42.5 Å². The number of likely N-dealkylation sites (tertiary alicyclic amines) is 1. The summed E-state index contributed by atoms with van der Waals surface area (Å²) in [6.45, 7) is 2.15. The maximum atomic E-state index is 12.0. The van der Waals surface area contributed by atoms with Gasteiger partial charge in [0.25, 0.3) is 0 Å². The first-order chi connectivity index (χ1) is 11.2. The van der Waals surface area contributed by atoms with Crippen LogP contribution in [-0.4, -0.2) is 36.3 Å². The fraction of sp³-hybridized carbons (Fsp3) is 0.368. The van der Waals surface area contributed by atoms with Gasteiger partial charge in [0, 0.05) is 26.1 Å². The Kier molecular flexibility index (Phi) is 4.91. The Balaban J connectivity index is 1.47. The van der Waals surface area contributed by atoms with Gasteiger partial charge in [-0.3, -0.25) is 9.59 Å². The summed E-state index contributed by atoms with van der Waals surface area (Å²) in [6, 6.07) is 14.2. The van der Waals surface area contributed by atoms with Crippen LogP contribution >= 0.6 is 0 Å². The fourth-order valence-corrected chi connectivity index (χ4v) is 3.03. The summed E-state index contributed by atoms with van der Waals surface area (Å²) in [5.41, 5.74) is 0.993. The lowest BCUT2D eigenvalue weighted by molar-refractivity contribution is -0.130. The summed E-state index contributed by atoms with van der Waals surface area (Å²) in [5.74, 6) is 0.114. The topological polar surface area (TPSA) is 49.4 Å². The molecule has 0 radical (unpaired) electrons. The summed E-state index contributed by atoms with van der Waals surface area (Å²) in [5, 5.41) is 5.16. The fourth-order valence-electron chi connectivity index (χ4n) is 3.03. The van der Waals surface area contributed by atoms with Gasteiger partial charge in [-0.15, -0.1) is 0 Å². The van der Waals surface area contributed by atoms with E-state index in [2.05, 4.69) is 11.4 Å². The molecule has 0 spiro atoms. The van der Waals surface area contributed by atoms with Gasteiger partial charge in [-0.25, -0.2) is 0 Å². The molecule has 0 bridgehead atoms. The average molecular weight is 310 g/mol. The highest BCUT2D eigenvalue weighted by Crippen LogP contribution is 2.16. The molecule has 0 atom stereocenters. The minimum absolute atomic E-state index is 0.0329. The van der Waals surface area contributed by atoms with Crippen molar-refractivity contribution in [2.24, 2.45) is 0 Å². The molecule has 0 saturated carbocycles. The molecule has 2 aromatic rings. The Hall–Kier alpha value is -2.36. The molecule has 1 N–H and O–H groups in total. The van der Waals surface area contributed by atoms with Crippen LogP contribution in [0.3, 0.4) is 0 Å². The maximum Gasteiger partial charge on any atom is 0.224 e. The van der Waals surface area contributed by atoms with E-state index < -0.39 is 0 Å². The molecular formula is C19H22N2O2. The van der Waals surface area contributed by atoms with Crippen LogP contribution in [0.4, 0.5) is 0 Å². The lowest BCUT2D eigenvalue weighted by atomic mass is 10.0. The Bertz CT molecular complexity index is 705. The number of rotatable bonds is 5. The molecule has 4 nitrogen and oxygen atoms in total. The van der Waals surface area contributed by atoms with Crippen LogP contribution in [0.1, 0.15) is 24.8 Å². The minimum Gasteiger partial charge on any atom is -0.355 e. The number of carbonyl (C=O) groups is 2. The second kappa shape index (κ2) is 7.27. The maximum absolute atomic E-state index is 12.0. The molecule has 2 aromatic carbocycles. The van der Waals surface area contributed by atoms with E-state index in [0.717, 1.165) is 36.9 Å². The monoisotopic (exact) mass is 310 g/mol. The highest BCUT2D eigenvalue weighted by molar-refractivity contribution is 5.85. The summed E-state index contributed by atoms with van der Waals surface area (Å²) in [7, 11) is 0. The summed E-state index contributed by atoms with van der Waals surface area (Å²) >= 11 is 0. The molecule has 1 aliphatic heterocycles. The van der Waals surface area contributed by atoms with Gasteiger partial charge >= 0.3 is 0 Å². The molecule has 1 saturated heterocycles. The van der Waals surface area contributed by atoms with Crippen molar-refractivity contribution in [3.05, 3.63) is 48.0 Å². The van der Waals surface area contributed by atoms with Crippen molar-refractivity contribution >= 4 is 22.6 Å². The zero-order chi connectivity index (χ0) is 16.1. The summed E-state index contributed by atoms with van der Waals surface area (Å²) in [4.78, 5) is 25.8. The van der Waals surface area contributed by atoms with E-state index in [1.807, 2.05) is 41.3 Å². The number of nitrogens with one attached hydrogen (secondary N) is 1. The van der Waals surface area contributed by atoms with Gasteiger partial charge in [-0.2, -0.15) is 0 Å². The first kappa shape index (κ1) is 15.5. The van der Waals surface area contributed by atoms with Crippen LogP contribution in [0, 0.1) is 0 Å². The lowest BCUT2D eigenvalue weighted by Gasteiger charge is -2.15. The molecule has 0 unspecified atom stereocenters. The summed E-state index contributed by atoms with van der Waals surface area (Å²) < 4.78 is 0. The lowest BCUT2D eigenvalue weighted by Crippen LogP contribution is -2.33. The number of fused-ring (bicyclic) bond motifs is 1. The highest BCUT2D eigenvalue weighted by Gasteiger charge is 2.17. The number of amides is 2. The van der Waals surface area contributed by atoms with Gasteiger partial charge in [-0.1, -0.05) is 42.5 Å². The molecule has 1 aliphatic rings. The van der Waals surface area contributed by atoms with E-state index >= 15 is 0 Å². The average Bonchev–Trinajstić information content (AvgIpc) is 3.09. The molecular weight excluding hydrogens is 288 g/mol. The van der Waals surface area contributed by atoms with Gasteiger partial charge in [-0.05, 0) is 29.2 Å². The van der Waals surface area contributed by atoms with Crippen LogP contribution in [0.25, 0.3) is 10.8 Å². The standard InChI is InChI=1S/C19H22N2O2/c22-18(20-10-9-19(23)21-11-3-4-12-21)14-15-7-8-16-5-1-2-6-17(16)13-15/h1-2,5-8,13H,3-4,9-12,14H2,(H,20,22). The normalized spacial score (nSPS) is 14.2. The zero-order valence-corrected chi connectivity index (χ0v) is 13.3. The first-order valence-electron chi connectivity index (χ1n) is 8.24. The summed E-state index contributed by atoms with van der Waals surface area (Å²) in [6.07, 6.45) is 2.94. The van der Waals surface area contributed by atoms with Crippen molar-refractivity contribution in [1.82, 2.24) is 10.2 Å². The third kappa shape index (κ3) is 4.09. The third-order valence-corrected chi connectivity index (χ3v) is 4.30. The van der Waals surface area contributed by atoms with Crippen molar-refractivity contribution in [1.29, 1.82) is 0 Å². The second-order valence-electron chi connectivity index (χ2n) is 6.05. The van der Waals surface area contributed by atoms with Gasteiger partial charge in [0.2, 0.25) is 11.8 Å². The Morgan fingerprint density at radius 1 is 1.00 bits per heavy atom. The highest BCUT2D eigenvalue weighted by atomic mass is 16.2. The van der Waals surface area contributed by atoms with Gasteiger partial charge in [0.15, 0.2) is 0 Å². The van der Waals surface area contributed by atoms with Crippen molar-refractivity contribution in [2.45, 2.75) is 25.7 Å². The van der Waals surface area contributed by atoms with E-state index in [1.54, 1.807) is 0 Å². The van der Waals surface area contributed by atoms with Crippen LogP contribution in [-0.2, 0) is 16.0 Å². The molecule has 120 valence electrons. The molecule has 1 fully saturated rings. The van der Waals surface area contributed by atoms with E-state index in [9.17, 15) is 9.59 Å². The Labute approximate surface area is 136 Å². The number of nitrogens with zero attached hydrogens (tertiary/aromatic N) is 1.